The van der Waals surface area contributed by atoms with Gasteiger partial charge >= 0.3 is 0 Å². The molecule has 4 rings (SSSR count). The molecule has 0 radical (unpaired) electrons. The average Bonchev–Trinajstić information content (AvgIpc) is 2.90. The molecule has 1 aliphatic rings. The lowest BCUT2D eigenvalue weighted by atomic mass is 9.70. The van der Waals surface area contributed by atoms with Crippen LogP contribution in [0.1, 0.15) is 46.3 Å². The molecule has 0 fully saturated rings. The van der Waals surface area contributed by atoms with Crippen molar-refractivity contribution in [2.24, 2.45) is 0 Å². The number of hydrogen-bond acceptors (Lipinski definition) is 4. The number of carbonyl (C=O) groups excluding carboxylic acids is 1. The van der Waals surface area contributed by atoms with Gasteiger partial charge in [-0.2, -0.15) is 0 Å². The van der Waals surface area contributed by atoms with E-state index in [4.69, 9.17) is 11.6 Å². The molecule has 0 amide bonds. The first-order valence-electron chi connectivity index (χ1n) is 7.92. The predicted molar refractivity (Wildman–Crippen MR) is 91.7 cm³/mol. The number of carbonyl (C=O) groups is 1. The third-order valence-corrected chi connectivity index (χ3v) is 5.06. The van der Waals surface area contributed by atoms with Crippen LogP contribution in [0, 0.1) is 13.8 Å². The van der Waals surface area contributed by atoms with Crippen molar-refractivity contribution >= 4 is 23.0 Å². The number of ketones is 1. The molecule has 0 saturated carbocycles. The highest BCUT2D eigenvalue weighted by Gasteiger charge is 2.44. The van der Waals surface area contributed by atoms with Crippen LogP contribution in [0.4, 0.5) is 0 Å². The Morgan fingerprint density at radius 1 is 1.29 bits per heavy atom. The van der Waals surface area contributed by atoms with Crippen molar-refractivity contribution in [3.63, 3.8) is 0 Å². The number of imidazole rings is 1. The smallest absolute Gasteiger partial charge is 0.176 e. The quantitative estimate of drug-likeness (QED) is 0.636. The molecule has 1 atom stereocenters. The predicted octanol–water partition coefficient (Wildman–Crippen LogP) is 3.48. The first-order valence-corrected chi connectivity index (χ1v) is 8.29. The van der Waals surface area contributed by atoms with E-state index in [1.165, 1.54) is 0 Å². The van der Waals surface area contributed by atoms with Crippen LogP contribution in [-0.4, -0.2) is 25.1 Å². The molecule has 3 aromatic heterocycles. The third-order valence-electron chi connectivity index (χ3n) is 4.87. The minimum Gasteiger partial charge on any atom is -0.304 e. The van der Waals surface area contributed by atoms with Crippen molar-refractivity contribution in [1.82, 2.24) is 19.4 Å². The summed E-state index contributed by atoms with van der Waals surface area (Å²) < 4.78 is 1.93. The topological polar surface area (TPSA) is 60.2 Å². The number of halogens is 1. The maximum absolute atomic E-state index is 13.4. The molecule has 6 heteroatoms. The Hall–Kier alpha value is -2.27. The average molecular weight is 341 g/mol. The highest BCUT2D eigenvalue weighted by atomic mass is 35.5. The molecule has 0 N–H and O–H groups in total. The molecule has 0 spiro atoms. The minimum absolute atomic E-state index is 0.0478. The Labute approximate surface area is 144 Å². The van der Waals surface area contributed by atoms with Gasteiger partial charge in [0, 0.05) is 24.2 Å². The summed E-state index contributed by atoms with van der Waals surface area (Å²) in [5.74, 6) is 0.0478. The lowest BCUT2D eigenvalue weighted by Crippen LogP contribution is -2.39. The first kappa shape index (κ1) is 15.3. The fraction of sp³-hybridized carbons (Fsp3) is 0.333. The first-order chi connectivity index (χ1) is 11.4. The van der Waals surface area contributed by atoms with Crippen molar-refractivity contribution in [2.75, 3.05) is 0 Å². The Balaban J connectivity index is 1.93. The summed E-state index contributed by atoms with van der Waals surface area (Å²) in [6.07, 6.45) is 6.86. The summed E-state index contributed by atoms with van der Waals surface area (Å²) in [6.45, 7) is 5.80. The lowest BCUT2D eigenvalue weighted by molar-refractivity contribution is 0.0870. The molecular weight excluding hydrogens is 324 g/mol. The number of hydrogen-bond donors (Lipinski definition) is 0. The van der Waals surface area contributed by atoms with Gasteiger partial charge in [-0.15, -0.1) is 0 Å². The lowest BCUT2D eigenvalue weighted by Gasteiger charge is -2.33. The standard InChI is InChI=1S/C18H17ClN4O/c1-10-8-13(19)22-12-4-5-18(3,16(24)14(10)12)15-17-21-11(2)9-23(17)7-6-20-15/h6-9H,4-5H2,1-3H3. The Morgan fingerprint density at radius 2 is 2.08 bits per heavy atom. The molecule has 0 aromatic carbocycles. The van der Waals surface area contributed by atoms with E-state index in [0.717, 1.165) is 28.3 Å². The largest absolute Gasteiger partial charge is 0.304 e. The van der Waals surface area contributed by atoms with E-state index in [1.54, 1.807) is 12.3 Å². The second-order valence-corrected chi connectivity index (χ2v) is 7.02. The zero-order chi connectivity index (χ0) is 17.1. The number of nitrogens with zero attached hydrogens (tertiary/aromatic N) is 4. The molecule has 24 heavy (non-hydrogen) atoms. The summed E-state index contributed by atoms with van der Waals surface area (Å²) in [7, 11) is 0. The van der Waals surface area contributed by atoms with Crippen LogP contribution in [0.3, 0.4) is 0 Å². The van der Waals surface area contributed by atoms with Crippen LogP contribution < -0.4 is 0 Å². The van der Waals surface area contributed by atoms with Crippen molar-refractivity contribution in [3.05, 3.63) is 58.0 Å². The van der Waals surface area contributed by atoms with Crippen LogP contribution >= 0.6 is 11.6 Å². The number of fused-ring (bicyclic) bond motifs is 2. The Bertz CT molecular complexity index is 994. The zero-order valence-corrected chi connectivity index (χ0v) is 14.6. The molecule has 0 bridgehead atoms. The van der Waals surface area contributed by atoms with Crippen LogP contribution in [0.5, 0.6) is 0 Å². The molecular formula is C18H17ClN4O. The van der Waals surface area contributed by atoms with E-state index in [1.807, 2.05) is 37.6 Å². The normalized spacial score (nSPS) is 20.4. The SMILES string of the molecule is Cc1cn2ccnc(C3(C)CCc4nc(Cl)cc(C)c4C3=O)c2n1. The molecule has 5 nitrogen and oxygen atoms in total. The third kappa shape index (κ3) is 2.08. The van der Waals surface area contributed by atoms with Crippen molar-refractivity contribution in [1.29, 1.82) is 0 Å². The van der Waals surface area contributed by atoms with Gasteiger partial charge in [-0.1, -0.05) is 11.6 Å². The van der Waals surface area contributed by atoms with Crippen LogP contribution in [0.2, 0.25) is 5.15 Å². The molecule has 0 aliphatic heterocycles. The van der Waals surface area contributed by atoms with E-state index in [0.29, 0.717) is 23.6 Å². The van der Waals surface area contributed by atoms with Gasteiger partial charge in [0.1, 0.15) is 5.15 Å². The van der Waals surface area contributed by atoms with Gasteiger partial charge in [0.25, 0.3) is 0 Å². The molecule has 0 saturated heterocycles. The highest BCUT2D eigenvalue weighted by Crippen LogP contribution is 2.39. The maximum atomic E-state index is 13.4. The van der Waals surface area contributed by atoms with Crippen molar-refractivity contribution in [3.8, 4) is 0 Å². The summed E-state index contributed by atoms with van der Waals surface area (Å²) in [5.41, 5.74) is 3.99. The van der Waals surface area contributed by atoms with E-state index >= 15 is 0 Å². The molecule has 3 heterocycles. The summed E-state index contributed by atoms with van der Waals surface area (Å²) >= 11 is 6.05. The van der Waals surface area contributed by atoms with E-state index in [9.17, 15) is 4.79 Å². The van der Waals surface area contributed by atoms with Crippen LogP contribution in [0.25, 0.3) is 5.65 Å². The maximum Gasteiger partial charge on any atom is 0.176 e. The van der Waals surface area contributed by atoms with Gasteiger partial charge in [-0.05, 0) is 45.2 Å². The van der Waals surface area contributed by atoms with Gasteiger partial charge in [0.15, 0.2) is 11.4 Å². The second kappa shape index (κ2) is 5.11. The Kier molecular flexibility index (Phi) is 3.25. The monoisotopic (exact) mass is 340 g/mol. The van der Waals surface area contributed by atoms with E-state index in [-0.39, 0.29) is 5.78 Å². The second-order valence-electron chi connectivity index (χ2n) is 6.63. The number of rotatable bonds is 1. The molecule has 1 unspecified atom stereocenters. The van der Waals surface area contributed by atoms with Gasteiger partial charge < -0.3 is 4.40 Å². The summed E-state index contributed by atoms with van der Waals surface area (Å²) in [6, 6.07) is 1.75. The summed E-state index contributed by atoms with van der Waals surface area (Å²) in [5, 5.41) is 0.437. The number of Topliss-reactive ketones (excluding diaryl/α,β-unsaturated/α-hetero) is 1. The van der Waals surface area contributed by atoms with Crippen molar-refractivity contribution < 1.29 is 4.79 Å². The molecule has 3 aromatic rings. The summed E-state index contributed by atoms with van der Waals surface area (Å²) in [4.78, 5) is 26.8. The fourth-order valence-corrected chi connectivity index (χ4v) is 3.87. The van der Waals surface area contributed by atoms with E-state index < -0.39 is 5.41 Å². The molecule has 122 valence electrons. The number of aryl methyl sites for hydroxylation is 3. The Morgan fingerprint density at radius 3 is 2.88 bits per heavy atom. The van der Waals surface area contributed by atoms with Gasteiger partial charge in [0.2, 0.25) is 0 Å². The minimum atomic E-state index is -0.715. The van der Waals surface area contributed by atoms with Crippen LogP contribution in [-0.2, 0) is 11.8 Å². The number of pyridine rings is 1. The fourth-order valence-electron chi connectivity index (χ4n) is 3.60. The van der Waals surface area contributed by atoms with E-state index in [2.05, 4.69) is 15.0 Å². The van der Waals surface area contributed by atoms with Gasteiger partial charge in [-0.25, -0.2) is 9.97 Å². The highest BCUT2D eigenvalue weighted by molar-refractivity contribution is 6.29. The zero-order valence-electron chi connectivity index (χ0n) is 13.8. The van der Waals surface area contributed by atoms with Crippen molar-refractivity contribution in [2.45, 2.75) is 39.0 Å². The van der Waals surface area contributed by atoms with Gasteiger partial charge in [0.05, 0.1) is 22.5 Å². The van der Waals surface area contributed by atoms with Crippen LogP contribution in [0.15, 0.2) is 24.7 Å². The van der Waals surface area contributed by atoms with Gasteiger partial charge in [-0.3, -0.25) is 9.78 Å². The molecule has 1 aliphatic carbocycles. The number of aromatic nitrogens is 4.